The summed E-state index contributed by atoms with van der Waals surface area (Å²) in [5.41, 5.74) is 1.16. The van der Waals surface area contributed by atoms with E-state index in [-0.39, 0.29) is 28.6 Å². The molecular formula is C26H29Cl2N3O2S. The maximum absolute atomic E-state index is 14.2. The molecule has 2 saturated heterocycles. The zero-order chi connectivity index (χ0) is 23.7. The van der Waals surface area contributed by atoms with Gasteiger partial charge in [-0.25, -0.2) is 4.98 Å². The van der Waals surface area contributed by atoms with Crippen molar-refractivity contribution in [3.8, 4) is 0 Å². The molecule has 3 aliphatic rings. The Bertz CT molecular complexity index is 1090. The van der Waals surface area contributed by atoms with E-state index >= 15 is 0 Å². The minimum absolute atomic E-state index is 0.00115. The third-order valence-electron chi connectivity index (χ3n) is 7.15. The molecule has 2 unspecified atom stereocenters. The maximum atomic E-state index is 14.2. The monoisotopic (exact) mass is 517 g/mol. The van der Waals surface area contributed by atoms with Crippen LogP contribution in [-0.4, -0.2) is 58.5 Å². The van der Waals surface area contributed by atoms with Crippen LogP contribution in [0.5, 0.6) is 0 Å². The van der Waals surface area contributed by atoms with Gasteiger partial charge in [-0.3, -0.25) is 14.5 Å². The summed E-state index contributed by atoms with van der Waals surface area (Å²) in [5, 5.41) is 0.868. The Morgan fingerprint density at radius 3 is 2.29 bits per heavy atom. The highest BCUT2D eigenvalue weighted by atomic mass is 35.5. The van der Waals surface area contributed by atoms with Gasteiger partial charge in [0.05, 0.1) is 15.5 Å². The van der Waals surface area contributed by atoms with Crippen LogP contribution in [0.15, 0.2) is 41.6 Å². The zero-order valence-electron chi connectivity index (χ0n) is 19.1. The molecule has 3 heterocycles. The van der Waals surface area contributed by atoms with E-state index in [1.807, 2.05) is 30.3 Å². The van der Waals surface area contributed by atoms with Crippen LogP contribution >= 0.6 is 34.5 Å². The number of hydrogen-bond donors (Lipinski definition) is 0. The zero-order valence-corrected chi connectivity index (χ0v) is 21.5. The van der Waals surface area contributed by atoms with Crippen LogP contribution in [0, 0.1) is 0 Å². The molecule has 0 radical (unpaired) electrons. The first kappa shape index (κ1) is 24.0. The largest absolute Gasteiger partial charge is 0.348 e. The Hall–Kier alpha value is -1.73. The normalized spacial score (nSPS) is 26.9. The first-order chi connectivity index (χ1) is 16.5. The van der Waals surface area contributed by atoms with Crippen molar-refractivity contribution < 1.29 is 9.59 Å². The van der Waals surface area contributed by atoms with E-state index in [0.717, 1.165) is 69.0 Å². The van der Waals surface area contributed by atoms with Crippen molar-refractivity contribution in [2.24, 2.45) is 0 Å². The maximum Gasteiger partial charge on any atom is 0.194 e. The number of carbonyl (C=O) groups is 2. The fourth-order valence-corrected chi connectivity index (χ4v) is 7.27. The number of ketones is 2. The van der Waals surface area contributed by atoms with E-state index in [9.17, 15) is 9.59 Å². The van der Waals surface area contributed by atoms with Gasteiger partial charge in [0.15, 0.2) is 16.7 Å². The van der Waals surface area contributed by atoms with Gasteiger partial charge < -0.3 is 4.90 Å². The molecule has 180 valence electrons. The predicted octanol–water partition coefficient (Wildman–Crippen LogP) is 5.31. The van der Waals surface area contributed by atoms with E-state index < -0.39 is 10.9 Å². The summed E-state index contributed by atoms with van der Waals surface area (Å²) in [5.74, 6) is -0.524. The van der Waals surface area contributed by atoms with Crippen molar-refractivity contribution in [1.29, 1.82) is 0 Å². The highest BCUT2D eigenvalue weighted by molar-refractivity contribution is 7.17. The number of Topliss-reactive ketones (excluding diaryl/α,β-unsaturated/α-hetero) is 2. The number of likely N-dealkylation sites (tertiary alicyclic amines) is 1. The van der Waals surface area contributed by atoms with Crippen LogP contribution in [-0.2, 0) is 16.0 Å². The van der Waals surface area contributed by atoms with Crippen molar-refractivity contribution >= 4 is 56.8 Å². The van der Waals surface area contributed by atoms with Gasteiger partial charge in [-0.05, 0) is 50.8 Å². The van der Waals surface area contributed by atoms with Crippen molar-refractivity contribution in [3.63, 3.8) is 0 Å². The molecule has 8 heteroatoms. The molecule has 34 heavy (non-hydrogen) atoms. The Kier molecular flexibility index (Phi) is 7.12. The van der Waals surface area contributed by atoms with E-state index in [2.05, 4.69) is 14.8 Å². The summed E-state index contributed by atoms with van der Waals surface area (Å²) < 4.78 is 0. The Morgan fingerprint density at radius 2 is 1.62 bits per heavy atom. The van der Waals surface area contributed by atoms with E-state index in [0.29, 0.717) is 4.88 Å². The number of thiazole rings is 1. The summed E-state index contributed by atoms with van der Waals surface area (Å²) in [6.07, 6.45) is 8.53. The molecule has 5 nitrogen and oxygen atoms in total. The number of halogens is 2. The van der Waals surface area contributed by atoms with Gasteiger partial charge in [-0.1, -0.05) is 59.7 Å². The lowest BCUT2D eigenvalue weighted by atomic mass is 9.76. The number of aromatic nitrogens is 1. The van der Waals surface area contributed by atoms with Crippen molar-refractivity contribution in [2.45, 2.75) is 55.9 Å². The lowest BCUT2D eigenvalue weighted by molar-refractivity contribution is -0.129. The number of hydrogen-bond acceptors (Lipinski definition) is 6. The standard InChI is InChI=1S/C26H29Cl2N3O2S/c27-21-20(19-17-29-25(34-19)31-14-8-3-9-15-31)24(33)26(28,16-18-10-4-1-5-11-18)23(22(21)32)30-12-6-2-7-13-30/h1,4-5,10-11,17,23H,2-3,6-9,12-16H2. The average molecular weight is 519 g/mol. The summed E-state index contributed by atoms with van der Waals surface area (Å²) in [6, 6.07) is 8.93. The summed E-state index contributed by atoms with van der Waals surface area (Å²) in [7, 11) is 0. The quantitative estimate of drug-likeness (QED) is 0.503. The van der Waals surface area contributed by atoms with Crippen LogP contribution in [0.2, 0.25) is 0 Å². The molecule has 1 aromatic carbocycles. The average Bonchev–Trinajstić information content (AvgIpc) is 3.35. The van der Waals surface area contributed by atoms with Gasteiger partial charge >= 0.3 is 0 Å². The van der Waals surface area contributed by atoms with Gasteiger partial charge in [0, 0.05) is 25.7 Å². The third kappa shape index (κ3) is 4.46. The lowest BCUT2D eigenvalue weighted by Gasteiger charge is -2.44. The summed E-state index contributed by atoms with van der Waals surface area (Å²) >= 11 is 15.4. The van der Waals surface area contributed by atoms with E-state index in [4.69, 9.17) is 23.2 Å². The molecule has 0 spiro atoms. The van der Waals surface area contributed by atoms with E-state index in [1.165, 1.54) is 17.8 Å². The first-order valence-corrected chi connectivity index (χ1v) is 13.7. The number of alkyl halides is 1. The molecule has 2 fully saturated rings. The number of rotatable bonds is 5. The fraction of sp³-hybridized carbons (Fsp3) is 0.500. The molecule has 0 saturated carbocycles. The van der Waals surface area contributed by atoms with E-state index in [1.54, 1.807) is 6.20 Å². The Morgan fingerprint density at radius 1 is 0.971 bits per heavy atom. The first-order valence-electron chi connectivity index (χ1n) is 12.2. The predicted molar refractivity (Wildman–Crippen MR) is 139 cm³/mol. The molecular weight excluding hydrogens is 489 g/mol. The number of allylic oxidation sites excluding steroid dienone is 1. The van der Waals surface area contributed by atoms with Crippen LogP contribution in [0.25, 0.3) is 5.57 Å². The van der Waals surface area contributed by atoms with Crippen LogP contribution < -0.4 is 4.90 Å². The minimum atomic E-state index is -1.42. The van der Waals surface area contributed by atoms with Gasteiger partial charge in [0.1, 0.15) is 10.9 Å². The summed E-state index contributed by atoms with van der Waals surface area (Å²) in [4.78, 5) is 36.0. The molecule has 1 aromatic heterocycles. The molecule has 0 N–H and O–H groups in total. The summed E-state index contributed by atoms with van der Waals surface area (Å²) in [6.45, 7) is 3.40. The lowest BCUT2D eigenvalue weighted by Crippen LogP contribution is -2.62. The second kappa shape index (κ2) is 10.1. The second-order valence-electron chi connectivity index (χ2n) is 9.46. The molecule has 0 bridgehead atoms. The van der Waals surface area contributed by atoms with Gasteiger partial charge in [0.2, 0.25) is 0 Å². The van der Waals surface area contributed by atoms with Crippen molar-refractivity contribution in [3.05, 3.63) is 52.0 Å². The number of carbonyl (C=O) groups excluding carboxylic acids is 2. The molecule has 2 atom stereocenters. The second-order valence-corrected chi connectivity index (χ2v) is 11.5. The minimum Gasteiger partial charge on any atom is -0.348 e. The topological polar surface area (TPSA) is 53.5 Å². The fourth-order valence-electron chi connectivity index (χ4n) is 5.42. The molecule has 1 aliphatic carbocycles. The van der Waals surface area contributed by atoms with Gasteiger partial charge in [-0.2, -0.15) is 0 Å². The van der Waals surface area contributed by atoms with Gasteiger partial charge in [-0.15, -0.1) is 11.6 Å². The van der Waals surface area contributed by atoms with Crippen molar-refractivity contribution in [1.82, 2.24) is 9.88 Å². The van der Waals surface area contributed by atoms with Crippen LogP contribution in [0.4, 0.5) is 5.13 Å². The Balaban J connectivity index is 1.55. The molecule has 5 rings (SSSR count). The highest BCUT2D eigenvalue weighted by Gasteiger charge is 2.56. The number of piperidine rings is 2. The number of benzene rings is 1. The SMILES string of the molecule is O=C1C(Cl)=C(c2cnc(N3CCCCC3)s2)C(=O)C(Cl)(Cc2ccccc2)C1N1CCCCC1. The van der Waals surface area contributed by atoms with Gasteiger partial charge in [0.25, 0.3) is 0 Å². The smallest absolute Gasteiger partial charge is 0.194 e. The number of anilines is 1. The highest BCUT2D eigenvalue weighted by Crippen LogP contribution is 2.45. The Labute approximate surface area is 214 Å². The molecule has 2 aliphatic heterocycles. The molecule has 0 amide bonds. The molecule has 2 aromatic rings. The van der Waals surface area contributed by atoms with Crippen LogP contribution in [0.1, 0.15) is 49.0 Å². The number of nitrogens with zero attached hydrogens (tertiary/aromatic N) is 3. The van der Waals surface area contributed by atoms with Crippen molar-refractivity contribution in [2.75, 3.05) is 31.1 Å². The van der Waals surface area contributed by atoms with Crippen LogP contribution in [0.3, 0.4) is 0 Å². The third-order valence-corrected chi connectivity index (χ3v) is 9.11.